The van der Waals surface area contributed by atoms with Gasteiger partial charge in [0, 0.05) is 25.0 Å². The lowest BCUT2D eigenvalue weighted by molar-refractivity contribution is -0.142. The average molecular weight is 595 g/mol. The lowest BCUT2D eigenvalue weighted by Crippen LogP contribution is -2.58. The van der Waals surface area contributed by atoms with Crippen LogP contribution in [0.4, 0.5) is 0 Å². The first-order valence-electron chi connectivity index (χ1n) is 13.2. The van der Waals surface area contributed by atoms with Crippen LogP contribution < -0.4 is 21.7 Å². The summed E-state index contributed by atoms with van der Waals surface area (Å²) >= 11 is 4.04. The summed E-state index contributed by atoms with van der Waals surface area (Å²) in [5, 5.41) is 36.8. The van der Waals surface area contributed by atoms with Gasteiger partial charge in [0.25, 0.3) is 0 Å². The number of aliphatic carboxylic acids is 1. The van der Waals surface area contributed by atoms with E-state index in [0.717, 1.165) is 0 Å². The van der Waals surface area contributed by atoms with Gasteiger partial charge in [0.2, 0.25) is 17.7 Å². The van der Waals surface area contributed by atoms with Gasteiger partial charge in [0.1, 0.15) is 29.6 Å². The van der Waals surface area contributed by atoms with Gasteiger partial charge in [0.05, 0.1) is 6.04 Å². The molecular formula is C30H34N4O7S. The van der Waals surface area contributed by atoms with Gasteiger partial charge >= 0.3 is 5.97 Å². The normalized spacial score (nSPS) is 13.7. The van der Waals surface area contributed by atoms with E-state index in [2.05, 4.69) is 28.6 Å². The molecule has 4 unspecified atom stereocenters. The minimum absolute atomic E-state index is 0.00907. The Morgan fingerprint density at radius 1 is 0.619 bits per heavy atom. The first-order chi connectivity index (χ1) is 20.0. The molecule has 4 atom stereocenters. The van der Waals surface area contributed by atoms with Gasteiger partial charge in [-0.3, -0.25) is 14.4 Å². The van der Waals surface area contributed by atoms with Crippen molar-refractivity contribution in [2.24, 2.45) is 5.73 Å². The van der Waals surface area contributed by atoms with E-state index in [0.29, 0.717) is 16.7 Å². The zero-order valence-corrected chi connectivity index (χ0v) is 23.5. The minimum Gasteiger partial charge on any atom is -0.508 e. The summed E-state index contributed by atoms with van der Waals surface area (Å²) in [5.74, 6) is -3.27. The molecule has 0 heterocycles. The first-order valence-corrected chi connectivity index (χ1v) is 13.8. The number of nitrogens with one attached hydrogen (secondary N) is 3. The molecule has 11 nitrogen and oxygen atoms in total. The van der Waals surface area contributed by atoms with E-state index < -0.39 is 47.9 Å². The van der Waals surface area contributed by atoms with Crippen molar-refractivity contribution in [3.05, 3.63) is 95.6 Å². The third-order valence-electron chi connectivity index (χ3n) is 6.45. The van der Waals surface area contributed by atoms with Crippen LogP contribution in [0.3, 0.4) is 0 Å². The number of nitrogens with two attached hydrogens (primary N) is 1. The molecule has 0 saturated heterocycles. The SMILES string of the molecule is NC(CS)C(=O)NC(Cc1ccc(O)cc1)C(=O)NC(Cc1ccc(O)cc1)C(=O)NC(Cc1ccccc1)C(=O)O. The molecule has 0 aromatic heterocycles. The van der Waals surface area contributed by atoms with Crippen molar-refractivity contribution < 1.29 is 34.5 Å². The molecule has 0 bridgehead atoms. The maximum Gasteiger partial charge on any atom is 0.326 e. The number of amides is 3. The van der Waals surface area contributed by atoms with E-state index in [1.54, 1.807) is 54.6 Å². The zero-order chi connectivity index (χ0) is 30.6. The summed E-state index contributed by atoms with van der Waals surface area (Å²) in [5.41, 5.74) is 7.69. The monoisotopic (exact) mass is 594 g/mol. The second-order valence-corrected chi connectivity index (χ2v) is 10.1. The molecule has 12 heteroatoms. The number of carbonyl (C=O) groups is 4. The maximum atomic E-state index is 13.6. The fourth-order valence-corrected chi connectivity index (χ4v) is 4.28. The first kappa shape index (κ1) is 32.0. The summed E-state index contributed by atoms with van der Waals surface area (Å²) in [6, 6.07) is 16.1. The third kappa shape index (κ3) is 9.82. The van der Waals surface area contributed by atoms with Crippen LogP contribution in [0.15, 0.2) is 78.9 Å². The molecule has 0 radical (unpaired) electrons. The lowest BCUT2D eigenvalue weighted by Gasteiger charge is -2.25. The highest BCUT2D eigenvalue weighted by Crippen LogP contribution is 2.14. The molecule has 0 fully saturated rings. The molecule has 0 aliphatic carbocycles. The highest BCUT2D eigenvalue weighted by atomic mass is 32.1. The standard InChI is InChI=1S/C30H34N4O7S/c31-23(17-42)27(37)32-24(14-19-6-10-21(35)11-7-19)28(38)33-25(15-20-8-12-22(36)13-9-20)29(39)34-26(30(40)41)16-18-4-2-1-3-5-18/h1-13,23-26,35-36,42H,14-17,31H2,(H,32,37)(H,33,38)(H,34,39)(H,40,41). The van der Waals surface area contributed by atoms with Crippen LogP contribution in [0.25, 0.3) is 0 Å². The van der Waals surface area contributed by atoms with Crippen molar-refractivity contribution in [2.75, 3.05) is 5.75 Å². The molecule has 0 saturated carbocycles. The predicted molar refractivity (Wildman–Crippen MR) is 159 cm³/mol. The Labute approximate surface area is 248 Å². The van der Waals surface area contributed by atoms with Crippen LogP contribution in [0, 0.1) is 0 Å². The number of thiol groups is 1. The van der Waals surface area contributed by atoms with E-state index in [1.807, 2.05) is 0 Å². The van der Waals surface area contributed by atoms with Crippen molar-refractivity contribution in [3.8, 4) is 11.5 Å². The van der Waals surface area contributed by atoms with Gasteiger partial charge < -0.3 is 37.0 Å². The summed E-state index contributed by atoms with van der Waals surface area (Å²) in [4.78, 5) is 51.6. The van der Waals surface area contributed by atoms with Gasteiger partial charge in [0.15, 0.2) is 0 Å². The van der Waals surface area contributed by atoms with Crippen molar-refractivity contribution in [2.45, 2.75) is 43.4 Å². The van der Waals surface area contributed by atoms with Crippen molar-refractivity contribution in [1.29, 1.82) is 0 Å². The largest absolute Gasteiger partial charge is 0.508 e. The molecule has 222 valence electrons. The number of aromatic hydroxyl groups is 2. The van der Waals surface area contributed by atoms with E-state index >= 15 is 0 Å². The van der Waals surface area contributed by atoms with Gasteiger partial charge in [-0.2, -0.15) is 12.6 Å². The zero-order valence-electron chi connectivity index (χ0n) is 22.6. The van der Waals surface area contributed by atoms with Crippen LogP contribution in [0.1, 0.15) is 16.7 Å². The Bertz CT molecular complexity index is 1350. The van der Waals surface area contributed by atoms with E-state index in [9.17, 15) is 34.5 Å². The van der Waals surface area contributed by atoms with E-state index in [4.69, 9.17) is 5.73 Å². The summed E-state index contributed by atoms with van der Waals surface area (Å²) in [7, 11) is 0. The number of rotatable bonds is 14. The number of benzene rings is 3. The number of hydrogen-bond acceptors (Lipinski definition) is 8. The molecule has 3 rings (SSSR count). The van der Waals surface area contributed by atoms with Crippen molar-refractivity contribution in [3.63, 3.8) is 0 Å². The second kappa shape index (κ2) is 15.5. The molecule has 42 heavy (non-hydrogen) atoms. The number of phenols is 2. The van der Waals surface area contributed by atoms with Crippen LogP contribution in [0.5, 0.6) is 11.5 Å². The van der Waals surface area contributed by atoms with Crippen molar-refractivity contribution >= 4 is 36.3 Å². The summed E-state index contributed by atoms with van der Waals surface area (Å²) in [6.45, 7) is 0. The average Bonchev–Trinajstić information content (AvgIpc) is 2.98. The Morgan fingerprint density at radius 3 is 1.43 bits per heavy atom. The van der Waals surface area contributed by atoms with Crippen LogP contribution >= 0.6 is 12.6 Å². The molecule has 0 aliphatic rings. The number of phenolic OH excluding ortho intramolecular Hbond substituents is 2. The molecule has 3 amide bonds. The molecular weight excluding hydrogens is 560 g/mol. The summed E-state index contributed by atoms with van der Waals surface area (Å²) < 4.78 is 0. The Hall–Kier alpha value is -4.55. The fourth-order valence-electron chi connectivity index (χ4n) is 4.11. The quantitative estimate of drug-likeness (QED) is 0.126. The van der Waals surface area contributed by atoms with Crippen LogP contribution in [0.2, 0.25) is 0 Å². The highest BCUT2D eigenvalue weighted by Gasteiger charge is 2.31. The van der Waals surface area contributed by atoms with Gasteiger partial charge in [-0.15, -0.1) is 0 Å². The number of carboxylic acid groups (broad SMARTS) is 1. The molecule has 0 aliphatic heterocycles. The number of carboxylic acids is 1. The fraction of sp³-hybridized carbons (Fsp3) is 0.267. The Morgan fingerprint density at radius 2 is 1.00 bits per heavy atom. The van der Waals surface area contributed by atoms with Crippen molar-refractivity contribution in [1.82, 2.24) is 16.0 Å². The number of hydrogen-bond donors (Lipinski definition) is 8. The van der Waals surface area contributed by atoms with Gasteiger partial charge in [-0.1, -0.05) is 54.6 Å². The number of carbonyl (C=O) groups excluding carboxylic acids is 3. The maximum absolute atomic E-state index is 13.6. The van der Waals surface area contributed by atoms with E-state index in [1.165, 1.54) is 24.3 Å². The topological polar surface area (TPSA) is 191 Å². The highest BCUT2D eigenvalue weighted by molar-refractivity contribution is 7.80. The molecule has 0 spiro atoms. The Balaban J connectivity index is 1.86. The predicted octanol–water partition coefficient (Wildman–Crippen LogP) is 0.922. The van der Waals surface area contributed by atoms with E-state index in [-0.39, 0.29) is 36.5 Å². The lowest BCUT2D eigenvalue weighted by atomic mass is 10.0. The smallest absolute Gasteiger partial charge is 0.326 e. The van der Waals surface area contributed by atoms with Crippen LogP contribution in [-0.2, 0) is 38.4 Å². The Kier molecular flexibility index (Phi) is 11.8. The van der Waals surface area contributed by atoms with Gasteiger partial charge in [-0.05, 0) is 41.0 Å². The molecule has 3 aromatic carbocycles. The van der Waals surface area contributed by atoms with Gasteiger partial charge in [-0.25, -0.2) is 4.79 Å². The minimum atomic E-state index is -1.28. The summed E-state index contributed by atoms with van der Waals surface area (Å²) in [6.07, 6.45) is -0.00898. The second-order valence-electron chi connectivity index (χ2n) is 9.74. The molecule has 3 aromatic rings. The third-order valence-corrected chi connectivity index (χ3v) is 6.84. The van der Waals surface area contributed by atoms with Crippen LogP contribution in [-0.4, -0.2) is 68.9 Å². The molecule has 8 N–H and O–H groups in total.